The number of piperidine rings is 1. The quantitative estimate of drug-likeness (QED) is 0.849. The Morgan fingerprint density at radius 2 is 1.89 bits per heavy atom. The molecule has 19 heavy (non-hydrogen) atoms. The Morgan fingerprint density at radius 1 is 1.16 bits per heavy atom. The summed E-state index contributed by atoms with van der Waals surface area (Å²) in [5, 5.41) is 3.61. The van der Waals surface area contributed by atoms with Gasteiger partial charge in [-0.15, -0.1) is 0 Å². The minimum Gasteiger partial charge on any atom is -0.375 e. The van der Waals surface area contributed by atoms with Crippen molar-refractivity contribution < 1.29 is 4.74 Å². The molecule has 2 heterocycles. The molecule has 2 saturated heterocycles. The van der Waals surface area contributed by atoms with Gasteiger partial charge in [0, 0.05) is 18.7 Å². The van der Waals surface area contributed by atoms with Crippen molar-refractivity contribution in [3.63, 3.8) is 0 Å². The van der Waals surface area contributed by atoms with Gasteiger partial charge in [-0.25, -0.2) is 0 Å². The van der Waals surface area contributed by atoms with Crippen LogP contribution in [0.3, 0.4) is 0 Å². The molecular weight excluding hydrogens is 236 g/mol. The van der Waals surface area contributed by atoms with Crippen molar-refractivity contribution in [2.45, 2.75) is 76.0 Å². The van der Waals surface area contributed by atoms with E-state index >= 15 is 0 Å². The summed E-state index contributed by atoms with van der Waals surface area (Å²) in [5.74, 6) is 0. The summed E-state index contributed by atoms with van der Waals surface area (Å²) >= 11 is 0. The fraction of sp³-hybridized carbons (Fsp3) is 1.00. The Morgan fingerprint density at radius 3 is 2.58 bits per heavy atom. The molecule has 1 spiro atoms. The first-order valence-corrected chi connectivity index (χ1v) is 8.43. The minimum absolute atomic E-state index is 0.279. The lowest BCUT2D eigenvalue weighted by molar-refractivity contribution is -0.104. The molecule has 0 amide bonds. The fourth-order valence-electron chi connectivity index (χ4n) is 4.44. The van der Waals surface area contributed by atoms with Crippen molar-refractivity contribution in [2.75, 3.05) is 26.2 Å². The van der Waals surface area contributed by atoms with Crippen LogP contribution < -0.4 is 5.32 Å². The highest BCUT2D eigenvalue weighted by atomic mass is 16.5. The lowest BCUT2D eigenvalue weighted by Crippen LogP contribution is -2.52. The van der Waals surface area contributed by atoms with Crippen LogP contribution in [-0.2, 0) is 4.74 Å². The SMILES string of the molecule is CCNC1CCN(C2CCOC3(CCCC3)C2)CC1. The summed E-state index contributed by atoms with van der Waals surface area (Å²) in [6.07, 6.45) is 10.6. The summed E-state index contributed by atoms with van der Waals surface area (Å²) in [6, 6.07) is 1.57. The van der Waals surface area contributed by atoms with Gasteiger partial charge in [-0.05, 0) is 58.2 Å². The standard InChI is InChI=1S/C16H30N2O/c1-2-17-14-5-10-18(11-6-14)15-7-12-19-16(13-15)8-3-4-9-16/h14-15,17H,2-13H2,1H3. The molecule has 3 nitrogen and oxygen atoms in total. The minimum atomic E-state index is 0.279. The maximum atomic E-state index is 6.17. The van der Waals surface area contributed by atoms with Gasteiger partial charge in [-0.2, -0.15) is 0 Å². The molecule has 3 heteroatoms. The first-order chi connectivity index (χ1) is 9.31. The largest absolute Gasteiger partial charge is 0.375 e. The van der Waals surface area contributed by atoms with Gasteiger partial charge in [0.1, 0.15) is 0 Å². The Labute approximate surface area is 118 Å². The summed E-state index contributed by atoms with van der Waals surface area (Å²) in [7, 11) is 0. The van der Waals surface area contributed by atoms with E-state index in [1.54, 1.807) is 0 Å². The smallest absolute Gasteiger partial charge is 0.0697 e. The predicted molar refractivity (Wildman–Crippen MR) is 78.4 cm³/mol. The summed E-state index contributed by atoms with van der Waals surface area (Å²) < 4.78 is 6.17. The van der Waals surface area contributed by atoms with Crippen LogP contribution in [0.1, 0.15) is 58.3 Å². The highest BCUT2D eigenvalue weighted by Crippen LogP contribution is 2.41. The topological polar surface area (TPSA) is 24.5 Å². The highest BCUT2D eigenvalue weighted by molar-refractivity contribution is 4.95. The van der Waals surface area contributed by atoms with Crippen LogP contribution in [0.4, 0.5) is 0 Å². The van der Waals surface area contributed by atoms with E-state index in [0.717, 1.165) is 25.2 Å². The zero-order valence-electron chi connectivity index (χ0n) is 12.5. The van der Waals surface area contributed by atoms with Gasteiger partial charge in [-0.1, -0.05) is 19.8 Å². The van der Waals surface area contributed by atoms with Gasteiger partial charge < -0.3 is 15.0 Å². The molecule has 1 saturated carbocycles. The number of hydrogen-bond acceptors (Lipinski definition) is 3. The maximum Gasteiger partial charge on any atom is 0.0697 e. The lowest BCUT2D eigenvalue weighted by atomic mass is 9.87. The monoisotopic (exact) mass is 266 g/mol. The number of nitrogens with one attached hydrogen (secondary N) is 1. The molecule has 2 aliphatic heterocycles. The summed E-state index contributed by atoms with van der Waals surface area (Å²) in [5.41, 5.74) is 0.279. The van der Waals surface area contributed by atoms with Gasteiger partial charge >= 0.3 is 0 Å². The summed E-state index contributed by atoms with van der Waals surface area (Å²) in [6.45, 7) is 6.91. The van der Waals surface area contributed by atoms with Crippen molar-refractivity contribution in [1.29, 1.82) is 0 Å². The third kappa shape index (κ3) is 3.14. The predicted octanol–water partition coefficient (Wildman–Crippen LogP) is 2.55. The first-order valence-electron chi connectivity index (χ1n) is 8.43. The summed E-state index contributed by atoms with van der Waals surface area (Å²) in [4.78, 5) is 2.76. The third-order valence-electron chi connectivity index (χ3n) is 5.52. The van der Waals surface area contributed by atoms with Crippen LogP contribution in [0.5, 0.6) is 0 Å². The molecule has 1 unspecified atom stereocenters. The fourth-order valence-corrected chi connectivity index (χ4v) is 4.44. The van der Waals surface area contributed by atoms with E-state index in [2.05, 4.69) is 17.1 Å². The van der Waals surface area contributed by atoms with Crippen LogP contribution in [0, 0.1) is 0 Å². The molecule has 1 atom stereocenters. The Kier molecular flexibility index (Phi) is 4.45. The van der Waals surface area contributed by atoms with Crippen LogP contribution >= 0.6 is 0 Å². The van der Waals surface area contributed by atoms with E-state index in [9.17, 15) is 0 Å². The Bertz CT molecular complexity index is 280. The first kappa shape index (κ1) is 13.8. The zero-order chi connectivity index (χ0) is 13.1. The molecular formula is C16H30N2O. The van der Waals surface area contributed by atoms with E-state index in [1.807, 2.05) is 0 Å². The molecule has 3 fully saturated rings. The van der Waals surface area contributed by atoms with E-state index in [-0.39, 0.29) is 5.60 Å². The lowest BCUT2D eigenvalue weighted by Gasteiger charge is -2.45. The van der Waals surface area contributed by atoms with E-state index in [0.29, 0.717) is 0 Å². The van der Waals surface area contributed by atoms with Crippen molar-refractivity contribution in [3.05, 3.63) is 0 Å². The average molecular weight is 266 g/mol. The normalized spacial score (nSPS) is 33.0. The number of ether oxygens (including phenoxy) is 1. The van der Waals surface area contributed by atoms with E-state index < -0.39 is 0 Å². The molecule has 1 N–H and O–H groups in total. The van der Waals surface area contributed by atoms with Gasteiger partial charge in [0.25, 0.3) is 0 Å². The van der Waals surface area contributed by atoms with Gasteiger partial charge in [0.05, 0.1) is 5.60 Å². The average Bonchev–Trinajstić information content (AvgIpc) is 2.88. The Balaban J connectivity index is 1.52. The zero-order valence-corrected chi connectivity index (χ0v) is 12.5. The molecule has 110 valence electrons. The van der Waals surface area contributed by atoms with Gasteiger partial charge in [-0.3, -0.25) is 0 Å². The van der Waals surface area contributed by atoms with Crippen molar-refractivity contribution in [3.8, 4) is 0 Å². The Hall–Kier alpha value is -0.120. The van der Waals surface area contributed by atoms with Gasteiger partial charge in [0.2, 0.25) is 0 Å². The molecule has 0 bridgehead atoms. The van der Waals surface area contributed by atoms with Crippen LogP contribution in [0.25, 0.3) is 0 Å². The van der Waals surface area contributed by atoms with E-state index in [1.165, 1.54) is 64.5 Å². The van der Waals surface area contributed by atoms with Crippen molar-refractivity contribution in [2.24, 2.45) is 0 Å². The second kappa shape index (κ2) is 6.11. The molecule has 3 rings (SSSR count). The number of hydrogen-bond donors (Lipinski definition) is 1. The molecule has 0 radical (unpaired) electrons. The third-order valence-corrected chi connectivity index (χ3v) is 5.52. The molecule has 0 aromatic rings. The number of rotatable bonds is 3. The van der Waals surface area contributed by atoms with Crippen molar-refractivity contribution in [1.82, 2.24) is 10.2 Å². The highest BCUT2D eigenvalue weighted by Gasteiger charge is 2.41. The van der Waals surface area contributed by atoms with Crippen molar-refractivity contribution >= 4 is 0 Å². The van der Waals surface area contributed by atoms with Gasteiger partial charge in [0.15, 0.2) is 0 Å². The van der Waals surface area contributed by atoms with Crippen LogP contribution in [-0.4, -0.2) is 48.8 Å². The molecule has 0 aromatic heterocycles. The molecule has 0 aromatic carbocycles. The van der Waals surface area contributed by atoms with Crippen LogP contribution in [0.2, 0.25) is 0 Å². The second-order valence-corrected chi connectivity index (χ2v) is 6.75. The van der Waals surface area contributed by atoms with E-state index in [4.69, 9.17) is 4.74 Å². The molecule has 3 aliphatic rings. The second-order valence-electron chi connectivity index (χ2n) is 6.75. The molecule has 1 aliphatic carbocycles. The number of nitrogens with zero attached hydrogens (tertiary/aromatic N) is 1. The number of likely N-dealkylation sites (tertiary alicyclic amines) is 1. The maximum absolute atomic E-state index is 6.17. The van der Waals surface area contributed by atoms with Crippen LogP contribution in [0.15, 0.2) is 0 Å².